The van der Waals surface area contributed by atoms with Crippen molar-refractivity contribution >= 4 is 40.6 Å². The second-order valence-electron chi connectivity index (χ2n) is 4.47. The maximum atomic E-state index is 13.1. The molecule has 0 saturated carbocycles. The number of nitriles is 1. The van der Waals surface area contributed by atoms with Gasteiger partial charge in [-0.3, -0.25) is 4.79 Å². The molecule has 0 atom stereocenters. The summed E-state index contributed by atoms with van der Waals surface area (Å²) < 4.78 is 13.1. The van der Waals surface area contributed by atoms with Crippen molar-refractivity contribution in [3.8, 4) is 6.07 Å². The van der Waals surface area contributed by atoms with E-state index in [1.807, 2.05) is 18.2 Å². The smallest absolute Gasteiger partial charge is 0.243 e. The fourth-order valence-corrected chi connectivity index (χ4v) is 2.64. The third-order valence-corrected chi connectivity index (χ3v) is 4.06. The van der Waals surface area contributed by atoms with Gasteiger partial charge in [-0.05, 0) is 30.3 Å². The number of amides is 1. The molecule has 0 saturated heterocycles. The first-order valence-corrected chi connectivity index (χ1v) is 8.04. The number of anilines is 2. The first-order chi connectivity index (χ1) is 11.1. The van der Waals surface area contributed by atoms with E-state index in [1.165, 1.54) is 30.0 Å². The number of rotatable bonds is 6. The van der Waals surface area contributed by atoms with Gasteiger partial charge in [0.05, 0.1) is 29.1 Å². The summed E-state index contributed by atoms with van der Waals surface area (Å²) in [6, 6.07) is 13.5. The quantitative estimate of drug-likeness (QED) is 0.769. The zero-order chi connectivity index (χ0) is 16.7. The van der Waals surface area contributed by atoms with E-state index in [9.17, 15) is 9.18 Å². The predicted octanol–water partition coefficient (Wildman–Crippen LogP) is 4.15. The molecule has 0 bridgehead atoms. The van der Waals surface area contributed by atoms with E-state index in [0.29, 0.717) is 17.1 Å². The summed E-state index contributed by atoms with van der Waals surface area (Å²) in [4.78, 5) is 12.8. The van der Waals surface area contributed by atoms with Gasteiger partial charge in [0.15, 0.2) is 0 Å². The van der Waals surface area contributed by atoms with Crippen molar-refractivity contribution in [2.45, 2.75) is 4.90 Å². The number of para-hydroxylation sites is 1. The van der Waals surface area contributed by atoms with E-state index in [0.717, 1.165) is 4.90 Å². The summed E-state index contributed by atoms with van der Waals surface area (Å²) in [5.74, 6) is -0.459. The number of nitrogens with one attached hydrogen (secondary N) is 2. The molecule has 0 fully saturated rings. The minimum Gasteiger partial charge on any atom is -0.376 e. The summed E-state index contributed by atoms with van der Waals surface area (Å²) >= 11 is 7.04. The van der Waals surface area contributed by atoms with Gasteiger partial charge in [-0.1, -0.05) is 23.7 Å². The summed E-state index contributed by atoms with van der Waals surface area (Å²) in [6.07, 6.45) is 0. The minimum absolute atomic E-state index is 0.00587. The summed E-state index contributed by atoms with van der Waals surface area (Å²) in [6.45, 7) is 0.0131. The van der Waals surface area contributed by atoms with Crippen LogP contribution in [0.25, 0.3) is 0 Å². The van der Waals surface area contributed by atoms with E-state index in [-0.39, 0.29) is 17.5 Å². The molecule has 0 aromatic heterocycles. The lowest BCUT2D eigenvalue weighted by molar-refractivity contribution is -0.114. The van der Waals surface area contributed by atoms with Crippen LogP contribution in [0.3, 0.4) is 0 Å². The monoisotopic (exact) mass is 349 g/mol. The number of carbonyl (C=O) groups is 1. The Bertz CT molecular complexity index is 748. The maximum absolute atomic E-state index is 13.1. The average molecular weight is 350 g/mol. The second-order valence-corrected chi connectivity index (χ2v) is 5.90. The molecule has 118 valence electrons. The number of thioether (sulfide) groups is 1. The largest absolute Gasteiger partial charge is 0.376 e. The maximum Gasteiger partial charge on any atom is 0.243 e. The lowest BCUT2D eigenvalue weighted by atomic mass is 10.3. The van der Waals surface area contributed by atoms with Crippen molar-refractivity contribution in [3.63, 3.8) is 0 Å². The van der Waals surface area contributed by atoms with Crippen LogP contribution in [-0.4, -0.2) is 18.2 Å². The highest BCUT2D eigenvalue weighted by atomic mass is 35.5. The van der Waals surface area contributed by atoms with Gasteiger partial charge < -0.3 is 10.6 Å². The predicted molar refractivity (Wildman–Crippen MR) is 91.3 cm³/mol. The Kier molecular flexibility index (Phi) is 6.27. The highest BCUT2D eigenvalue weighted by molar-refractivity contribution is 7.99. The van der Waals surface area contributed by atoms with Gasteiger partial charge in [-0.2, -0.15) is 5.26 Å². The third kappa shape index (κ3) is 5.16. The molecular formula is C16H13ClFN3OS. The number of benzene rings is 2. The second kappa shape index (κ2) is 8.42. The Hall–Kier alpha value is -2.23. The molecule has 2 aromatic carbocycles. The fourth-order valence-electron chi connectivity index (χ4n) is 1.79. The van der Waals surface area contributed by atoms with E-state index in [2.05, 4.69) is 10.6 Å². The van der Waals surface area contributed by atoms with Gasteiger partial charge in [0.1, 0.15) is 5.82 Å². The van der Waals surface area contributed by atoms with Gasteiger partial charge in [-0.25, -0.2) is 4.39 Å². The Labute approximate surface area is 142 Å². The molecule has 0 aliphatic rings. The highest BCUT2D eigenvalue weighted by Gasteiger charge is 2.07. The standard InChI is InChI=1S/C16H13ClFN3OS/c17-12-9-11(5-6-13(12)18)20-10-16(22)21-14-3-1-2-4-15(14)23-8-7-19/h1-6,9,20H,8,10H2,(H,21,22). The van der Waals surface area contributed by atoms with Crippen LogP contribution >= 0.6 is 23.4 Å². The Morgan fingerprint density at radius 1 is 1.30 bits per heavy atom. The van der Waals surface area contributed by atoms with Crippen LogP contribution < -0.4 is 10.6 Å². The van der Waals surface area contributed by atoms with Crippen LogP contribution in [0.5, 0.6) is 0 Å². The molecule has 4 nitrogen and oxygen atoms in total. The molecule has 0 spiro atoms. The van der Waals surface area contributed by atoms with Gasteiger partial charge in [0, 0.05) is 10.6 Å². The molecule has 0 unspecified atom stereocenters. The molecule has 2 N–H and O–H groups in total. The number of halogens is 2. The highest BCUT2D eigenvalue weighted by Crippen LogP contribution is 2.26. The normalized spacial score (nSPS) is 9.96. The molecule has 0 radical (unpaired) electrons. The molecule has 2 rings (SSSR count). The van der Waals surface area contributed by atoms with Crippen molar-refractivity contribution < 1.29 is 9.18 Å². The van der Waals surface area contributed by atoms with Crippen molar-refractivity contribution in [2.75, 3.05) is 22.9 Å². The topological polar surface area (TPSA) is 64.9 Å². The summed E-state index contributed by atoms with van der Waals surface area (Å²) in [5.41, 5.74) is 1.20. The molecule has 1 amide bonds. The summed E-state index contributed by atoms with van der Waals surface area (Å²) in [7, 11) is 0. The number of carbonyl (C=O) groups excluding carboxylic acids is 1. The van der Waals surface area contributed by atoms with Gasteiger partial charge in [0.25, 0.3) is 0 Å². The lowest BCUT2D eigenvalue weighted by Gasteiger charge is -2.11. The van der Waals surface area contributed by atoms with Crippen LogP contribution in [0.1, 0.15) is 0 Å². The Balaban J connectivity index is 1.94. The SMILES string of the molecule is N#CCSc1ccccc1NC(=O)CNc1ccc(F)c(Cl)c1. The van der Waals surface area contributed by atoms with Gasteiger partial charge in [0.2, 0.25) is 5.91 Å². The van der Waals surface area contributed by atoms with Gasteiger partial charge in [-0.15, -0.1) is 11.8 Å². The van der Waals surface area contributed by atoms with Crippen LogP contribution in [0.4, 0.5) is 15.8 Å². The van der Waals surface area contributed by atoms with E-state index in [1.54, 1.807) is 12.1 Å². The summed E-state index contributed by atoms with van der Waals surface area (Å²) in [5, 5.41) is 14.3. The molecule has 2 aromatic rings. The van der Waals surface area contributed by atoms with Crippen LogP contribution in [0, 0.1) is 17.1 Å². The van der Waals surface area contributed by atoms with E-state index < -0.39 is 5.82 Å². The molecule has 0 aliphatic heterocycles. The molecule has 0 aliphatic carbocycles. The van der Waals surface area contributed by atoms with Crippen LogP contribution in [0.2, 0.25) is 5.02 Å². The van der Waals surface area contributed by atoms with Gasteiger partial charge >= 0.3 is 0 Å². The number of hydrogen-bond acceptors (Lipinski definition) is 4. The molecule has 23 heavy (non-hydrogen) atoms. The Morgan fingerprint density at radius 2 is 2.09 bits per heavy atom. The zero-order valence-corrected chi connectivity index (χ0v) is 13.5. The average Bonchev–Trinajstić information content (AvgIpc) is 2.55. The van der Waals surface area contributed by atoms with Crippen molar-refractivity contribution in [1.29, 1.82) is 5.26 Å². The molecular weight excluding hydrogens is 337 g/mol. The Morgan fingerprint density at radius 3 is 2.83 bits per heavy atom. The molecule has 0 heterocycles. The third-order valence-electron chi connectivity index (χ3n) is 2.83. The molecule has 7 heteroatoms. The van der Waals surface area contributed by atoms with Crippen molar-refractivity contribution in [1.82, 2.24) is 0 Å². The number of nitrogens with zero attached hydrogens (tertiary/aromatic N) is 1. The van der Waals surface area contributed by atoms with Crippen molar-refractivity contribution in [2.24, 2.45) is 0 Å². The van der Waals surface area contributed by atoms with Crippen LogP contribution in [0.15, 0.2) is 47.4 Å². The van der Waals surface area contributed by atoms with Crippen molar-refractivity contribution in [3.05, 3.63) is 53.3 Å². The minimum atomic E-state index is -0.509. The van der Waals surface area contributed by atoms with Crippen LogP contribution in [-0.2, 0) is 4.79 Å². The van der Waals surface area contributed by atoms with E-state index in [4.69, 9.17) is 16.9 Å². The first-order valence-electron chi connectivity index (χ1n) is 6.67. The van der Waals surface area contributed by atoms with E-state index >= 15 is 0 Å². The number of hydrogen-bond donors (Lipinski definition) is 2. The zero-order valence-electron chi connectivity index (χ0n) is 12.0. The lowest BCUT2D eigenvalue weighted by Crippen LogP contribution is -2.22. The fraction of sp³-hybridized carbons (Fsp3) is 0.125. The first kappa shape index (κ1) is 17.1.